The van der Waals surface area contributed by atoms with E-state index in [4.69, 9.17) is 5.26 Å². The largest absolute Gasteiger partial charge is 0.338 e. The third kappa shape index (κ3) is 4.68. The van der Waals surface area contributed by atoms with E-state index in [1.807, 2.05) is 13.8 Å². The first-order chi connectivity index (χ1) is 7.14. The van der Waals surface area contributed by atoms with Gasteiger partial charge in [0.05, 0.1) is 6.07 Å². The summed E-state index contributed by atoms with van der Waals surface area (Å²) in [7, 11) is 0. The van der Waals surface area contributed by atoms with Gasteiger partial charge in [-0.15, -0.1) is 0 Å². The van der Waals surface area contributed by atoms with Crippen LogP contribution in [0.4, 0.5) is 4.79 Å². The molecule has 0 aromatic heterocycles. The second-order valence-electron chi connectivity index (χ2n) is 3.64. The highest BCUT2D eigenvalue weighted by Gasteiger charge is 2.27. The average Bonchev–Trinajstić information content (AvgIpc) is 2.26. The Morgan fingerprint density at radius 3 is 2.33 bits per heavy atom. The highest BCUT2D eigenvalue weighted by Crippen LogP contribution is 2.12. The Balaban J connectivity index is 4.08. The second-order valence-corrected chi connectivity index (χ2v) is 3.64. The van der Waals surface area contributed by atoms with Crippen molar-refractivity contribution in [2.75, 3.05) is 6.54 Å². The summed E-state index contributed by atoms with van der Waals surface area (Å²) in [5.74, 6) is 0. The molecule has 0 atom stereocenters. The molecule has 0 saturated heterocycles. The summed E-state index contributed by atoms with van der Waals surface area (Å²) in [6.07, 6.45) is 3.26. The van der Waals surface area contributed by atoms with Gasteiger partial charge in [-0.25, -0.2) is 4.79 Å². The van der Waals surface area contributed by atoms with Crippen molar-refractivity contribution in [3.05, 3.63) is 0 Å². The number of amides is 2. The van der Waals surface area contributed by atoms with Crippen LogP contribution >= 0.6 is 0 Å². The molecule has 86 valence electrons. The lowest BCUT2D eigenvalue weighted by Crippen LogP contribution is -2.50. The predicted octanol–water partition coefficient (Wildman–Crippen LogP) is 2.17. The van der Waals surface area contributed by atoms with Gasteiger partial charge in [0.15, 0.2) is 0 Å². The lowest BCUT2D eigenvalue weighted by Gasteiger charge is -2.24. The van der Waals surface area contributed by atoms with E-state index in [2.05, 4.69) is 23.6 Å². The molecule has 0 radical (unpaired) electrons. The van der Waals surface area contributed by atoms with E-state index < -0.39 is 5.54 Å². The Kier molecular flexibility index (Phi) is 6.52. The molecule has 0 aliphatic rings. The number of carbonyl (C=O) groups is 1. The maximum Gasteiger partial charge on any atom is 0.316 e. The van der Waals surface area contributed by atoms with Gasteiger partial charge in [0.25, 0.3) is 0 Å². The SMILES string of the molecule is CCCCNC(=O)NC(C#N)(CC)CC. The molecule has 4 heteroatoms. The summed E-state index contributed by atoms with van der Waals surface area (Å²) in [5, 5.41) is 14.5. The quantitative estimate of drug-likeness (QED) is 0.661. The molecular weight excluding hydrogens is 190 g/mol. The number of hydrogen-bond donors (Lipinski definition) is 2. The van der Waals surface area contributed by atoms with Crippen molar-refractivity contribution < 1.29 is 4.79 Å². The van der Waals surface area contributed by atoms with Crippen molar-refractivity contribution >= 4 is 6.03 Å². The molecule has 0 spiro atoms. The minimum absolute atomic E-state index is 0.242. The van der Waals surface area contributed by atoms with Gasteiger partial charge in [-0.1, -0.05) is 27.2 Å². The van der Waals surface area contributed by atoms with Gasteiger partial charge in [-0.2, -0.15) is 5.26 Å². The molecule has 0 rings (SSSR count). The van der Waals surface area contributed by atoms with Crippen molar-refractivity contribution in [1.29, 1.82) is 5.26 Å². The topological polar surface area (TPSA) is 64.9 Å². The van der Waals surface area contributed by atoms with Gasteiger partial charge in [-0.05, 0) is 19.3 Å². The van der Waals surface area contributed by atoms with Crippen LogP contribution in [0.25, 0.3) is 0 Å². The van der Waals surface area contributed by atoms with Crippen LogP contribution in [0.5, 0.6) is 0 Å². The summed E-state index contributed by atoms with van der Waals surface area (Å²) in [6, 6.07) is 1.92. The smallest absolute Gasteiger partial charge is 0.316 e. The number of nitrogens with zero attached hydrogens (tertiary/aromatic N) is 1. The van der Waals surface area contributed by atoms with Gasteiger partial charge in [-0.3, -0.25) is 0 Å². The first-order valence-electron chi connectivity index (χ1n) is 5.61. The fraction of sp³-hybridized carbons (Fsp3) is 0.818. The monoisotopic (exact) mass is 211 g/mol. The molecule has 0 unspecified atom stereocenters. The Morgan fingerprint density at radius 2 is 1.93 bits per heavy atom. The summed E-state index contributed by atoms with van der Waals surface area (Å²) in [5.41, 5.74) is -0.712. The summed E-state index contributed by atoms with van der Waals surface area (Å²) in [6.45, 7) is 6.53. The van der Waals surface area contributed by atoms with E-state index in [0.29, 0.717) is 19.4 Å². The van der Waals surface area contributed by atoms with Crippen molar-refractivity contribution in [1.82, 2.24) is 10.6 Å². The third-order valence-corrected chi connectivity index (χ3v) is 2.59. The Hall–Kier alpha value is -1.24. The van der Waals surface area contributed by atoms with Crippen molar-refractivity contribution in [2.45, 2.75) is 52.0 Å². The highest BCUT2D eigenvalue weighted by atomic mass is 16.2. The van der Waals surface area contributed by atoms with Gasteiger partial charge < -0.3 is 10.6 Å². The van der Waals surface area contributed by atoms with E-state index in [9.17, 15) is 4.79 Å². The number of nitrogens with one attached hydrogen (secondary N) is 2. The number of urea groups is 1. The number of carbonyl (C=O) groups excluding carboxylic acids is 1. The molecule has 0 aliphatic heterocycles. The van der Waals surface area contributed by atoms with Crippen LogP contribution in [0.15, 0.2) is 0 Å². The van der Waals surface area contributed by atoms with Crippen LogP contribution in [0.2, 0.25) is 0 Å². The van der Waals surface area contributed by atoms with E-state index in [1.54, 1.807) is 0 Å². The first-order valence-corrected chi connectivity index (χ1v) is 5.61. The maximum atomic E-state index is 11.4. The van der Waals surface area contributed by atoms with Crippen LogP contribution in [0.1, 0.15) is 46.5 Å². The minimum Gasteiger partial charge on any atom is -0.338 e. The zero-order valence-electron chi connectivity index (χ0n) is 9.89. The van der Waals surface area contributed by atoms with Crippen LogP contribution in [0.3, 0.4) is 0 Å². The fourth-order valence-electron chi connectivity index (χ4n) is 1.25. The lowest BCUT2D eigenvalue weighted by atomic mass is 9.95. The second kappa shape index (κ2) is 7.10. The Bertz CT molecular complexity index is 228. The predicted molar refractivity (Wildman–Crippen MR) is 60.4 cm³/mol. The van der Waals surface area contributed by atoms with Crippen molar-refractivity contribution in [3.8, 4) is 6.07 Å². The summed E-state index contributed by atoms with van der Waals surface area (Å²) >= 11 is 0. The molecule has 0 aromatic carbocycles. The zero-order chi connectivity index (χ0) is 11.7. The van der Waals surface area contributed by atoms with Crippen molar-refractivity contribution in [3.63, 3.8) is 0 Å². The average molecular weight is 211 g/mol. The molecule has 0 aliphatic carbocycles. The molecule has 0 fully saturated rings. The molecule has 2 N–H and O–H groups in total. The fourth-order valence-corrected chi connectivity index (χ4v) is 1.25. The van der Waals surface area contributed by atoms with Gasteiger partial charge >= 0.3 is 6.03 Å². The number of rotatable bonds is 6. The molecular formula is C11H21N3O. The van der Waals surface area contributed by atoms with Crippen LogP contribution < -0.4 is 10.6 Å². The van der Waals surface area contributed by atoms with Crippen LogP contribution in [-0.4, -0.2) is 18.1 Å². The van der Waals surface area contributed by atoms with E-state index >= 15 is 0 Å². The first kappa shape index (κ1) is 13.8. The molecule has 0 saturated carbocycles. The van der Waals surface area contributed by atoms with Gasteiger partial charge in [0.2, 0.25) is 0 Å². The minimum atomic E-state index is -0.712. The number of nitriles is 1. The molecule has 0 aromatic rings. The van der Waals surface area contributed by atoms with Crippen LogP contribution in [-0.2, 0) is 0 Å². The van der Waals surface area contributed by atoms with Crippen LogP contribution in [0, 0.1) is 11.3 Å². The molecule has 0 heterocycles. The highest BCUT2D eigenvalue weighted by molar-refractivity contribution is 5.75. The molecule has 15 heavy (non-hydrogen) atoms. The zero-order valence-corrected chi connectivity index (χ0v) is 9.89. The normalized spacial score (nSPS) is 10.5. The lowest BCUT2D eigenvalue weighted by molar-refractivity contribution is 0.230. The van der Waals surface area contributed by atoms with E-state index in [-0.39, 0.29) is 6.03 Å². The standard InChI is InChI=1S/C11H21N3O/c1-4-7-8-13-10(15)14-11(5-2,6-3)9-12/h4-8H2,1-3H3,(H2,13,14,15). The molecule has 4 nitrogen and oxygen atoms in total. The maximum absolute atomic E-state index is 11.4. The van der Waals surface area contributed by atoms with E-state index in [1.165, 1.54) is 0 Å². The summed E-state index contributed by atoms with van der Waals surface area (Å²) in [4.78, 5) is 11.4. The van der Waals surface area contributed by atoms with Gasteiger partial charge in [0.1, 0.15) is 5.54 Å². The number of hydrogen-bond acceptors (Lipinski definition) is 2. The molecule has 0 bridgehead atoms. The third-order valence-electron chi connectivity index (χ3n) is 2.59. The Morgan fingerprint density at radius 1 is 1.33 bits per heavy atom. The molecule has 2 amide bonds. The van der Waals surface area contributed by atoms with Gasteiger partial charge in [0, 0.05) is 6.54 Å². The van der Waals surface area contributed by atoms with Crippen molar-refractivity contribution in [2.24, 2.45) is 0 Å². The summed E-state index contributed by atoms with van der Waals surface area (Å²) < 4.78 is 0. The number of unbranched alkanes of at least 4 members (excludes halogenated alkanes) is 1. The van der Waals surface area contributed by atoms with E-state index in [0.717, 1.165) is 12.8 Å². The Labute approximate surface area is 92.0 Å².